The van der Waals surface area contributed by atoms with Gasteiger partial charge in [-0.3, -0.25) is 0 Å². The number of rotatable bonds is 1. The Labute approximate surface area is 81.8 Å². The third kappa shape index (κ3) is 1.84. The van der Waals surface area contributed by atoms with Crippen molar-refractivity contribution in [3.05, 3.63) is 30.5 Å². The monoisotopic (exact) mass is 218 g/mol. The lowest BCUT2D eigenvalue weighted by atomic mass is 10.3. The number of hydrogen-bond donors (Lipinski definition) is 0. The highest BCUT2D eigenvalue weighted by Crippen LogP contribution is 2.33. The van der Waals surface area contributed by atoms with E-state index in [2.05, 4.69) is 5.10 Å². The number of halogens is 3. The summed E-state index contributed by atoms with van der Waals surface area (Å²) in [7, 11) is 0. The van der Waals surface area contributed by atoms with E-state index in [4.69, 9.17) is 0 Å². The lowest BCUT2D eigenvalue weighted by Gasteiger charge is -2.04. The molecule has 1 aromatic carbocycles. The van der Waals surface area contributed by atoms with Crippen LogP contribution in [0.3, 0.4) is 0 Å². The zero-order valence-electron chi connectivity index (χ0n) is 6.82. The average molecular weight is 218 g/mol. The van der Waals surface area contributed by atoms with E-state index in [-0.39, 0.29) is 11.9 Å². The number of benzene rings is 1. The molecular formula is C8H5F3N2S. The molecule has 0 aliphatic heterocycles. The number of nitrogens with zero attached hydrogens (tertiary/aromatic N) is 2. The number of alkyl halides is 3. The van der Waals surface area contributed by atoms with Crippen molar-refractivity contribution in [1.82, 2.24) is 9.19 Å². The second-order valence-electron chi connectivity index (χ2n) is 2.61. The SMILES string of the molecule is FC(F)(F)Sn1ncc2ccccc21. The molecule has 0 bridgehead atoms. The third-order valence-electron chi connectivity index (χ3n) is 1.63. The van der Waals surface area contributed by atoms with Crippen molar-refractivity contribution in [2.24, 2.45) is 0 Å². The van der Waals surface area contributed by atoms with Crippen LogP contribution in [0.4, 0.5) is 13.2 Å². The first-order valence-corrected chi connectivity index (χ1v) is 4.52. The molecule has 0 aliphatic rings. The lowest BCUT2D eigenvalue weighted by Crippen LogP contribution is -2.05. The van der Waals surface area contributed by atoms with E-state index in [1.807, 2.05) is 0 Å². The summed E-state index contributed by atoms with van der Waals surface area (Å²) in [5.74, 6) is 0. The molecule has 2 aromatic rings. The third-order valence-corrected chi connectivity index (χ3v) is 2.31. The van der Waals surface area contributed by atoms with E-state index < -0.39 is 5.51 Å². The van der Waals surface area contributed by atoms with Crippen LogP contribution >= 0.6 is 11.9 Å². The van der Waals surface area contributed by atoms with Crippen LogP contribution < -0.4 is 0 Å². The number of para-hydroxylation sites is 1. The summed E-state index contributed by atoms with van der Waals surface area (Å²) in [5.41, 5.74) is -3.84. The van der Waals surface area contributed by atoms with Gasteiger partial charge in [-0.2, -0.15) is 22.4 Å². The Bertz CT molecular complexity index is 449. The fourth-order valence-electron chi connectivity index (χ4n) is 1.12. The predicted molar refractivity (Wildman–Crippen MR) is 48.8 cm³/mol. The molecule has 0 aliphatic carbocycles. The Hall–Kier alpha value is -1.17. The summed E-state index contributed by atoms with van der Waals surface area (Å²) >= 11 is -0.258. The van der Waals surface area contributed by atoms with Crippen molar-refractivity contribution in [2.45, 2.75) is 5.51 Å². The maximum atomic E-state index is 12.0. The summed E-state index contributed by atoms with van der Waals surface area (Å²) in [6.45, 7) is 0. The molecule has 0 unspecified atom stereocenters. The zero-order chi connectivity index (χ0) is 10.2. The standard InChI is InChI=1S/C8H5F3N2S/c9-8(10,11)14-13-7-4-2-1-3-6(7)5-12-13/h1-5H. The summed E-state index contributed by atoms with van der Waals surface area (Å²) in [5, 5.41) is 4.34. The minimum absolute atomic E-state index is 0.258. The Kier molecular flexibility index (Phi) is 2.14. The molecule has 2 nitrogen and oxygen atoms in total. The number of fused-ring (bicyclic) bond motifs is 1. The van der Waals surface area contributed by atoms with Gasteiger partial charge in [0.15, 0.2) is 0 Å². The maximum Gasteiger partial charge on any atom is 0.463 e. The first kappa shape index (κ1) is 9.39. The average Bonchev–Trinajstić information content (AvgIpc) is 2.47. The molecule has 0 amide bonds. The van der Waals surface area contributed by atoms with Crippen LogP contribution in [0.15, 0.2) is 30.5 Å². The Morgan fingerprint density at radius 1 is 1.21 bits per heavy atom. The van der Waals surface area contributed by atoms with Gasteiger partial charge in [0.2, 0.25) is 0 Å². The molecule has 2 rings (SSSR count). The topological polar surface area (TPSA) is 17.8 Å². The van der Waals surface area contributed by atoms with E-state index in [1.165, 1.54) is 6.20 Å². The van der Waals surface area contributed by atoms with Gasteiger partial charge in [-0.15, -0.1) is 0 Å². The van der Waals surface area contributed by atoms with Crippen molar-refractivity contribution >= 4 is 22.9 Å². The normalized spacial score (nSPS) is 12.2. The summed E-state index contributed by atoms with van der Waals surface area (Å²) in [4.78, 5) is 0. The lowest BCUT2D eigenvalue weighted by molar-refractivity contribution is -0.0336. The van der Waals surface area contributed by atoms with Gasteiger partial charge < -0.3 is 0 Å². The van der Waals surface area contributed by atoms with Gasteiger partial charge in [-0.05, 0) is 6.07 Å². The predicted octanol–water partition coefficient (Wildman–Crippen LogP) is 3.05. The summed E-state index contributed by atoms with van der Waals surface area (Å²) in [6, 6.07) is 6.75. The molecule has 74 valence electrons. The van der Waals surface area contributed by atoms with Gasteiger partial charge >= 0.3 is 5.51 Å². The van der Waals surface area contributed by atoms with Gasteiger partial charge in [-0.25, -0.2) is 0 Å². The Balaban J connectivity index is 2.44. The van der Waals surface area contributed by atoms with Crippen molar-refractivity contribution in [1.29, 1.82) is 0 Å². The van der Waals surface area contributed by atoms with Gasteiger partial charge in [0.25, 0.3) is 0 Å². The van der Waals surface area contributed by atoms with Crippen LogP contribution in [0.5, 0.6) is 0 Å². The minimum Gasteiger partial charge on any atom is -0.198 e. The van der Waals surface area contributed by atoms with Gasteiger partial charge in [-0.1, -0.05) is 18.2 Å². The van der Waals surface area contributed by atoms with Crippen LogP contribution in [-0.4, -0.2) is 14.7 Å². The van der Waals surface area contributed by atoms with E-state index in [1.54, 1.807) is 24.3 Å². The molecule has 0 atom stereocenters. The second-order valence-corrected chi connectivity index (χ2v) is 3.60. The molecule has 6 heteroatoms. The molecule has 1 aromatic heterocycles. The van der Waals surface area contributed by atoms with Crippen molar-refractivity contribution in [2.75, 3.05) is 0 Å². The summed E-state index contributed by atoms with van der Waals surface area (Å²) in [6.07, 6.45) is 1.41. The van der Waals surface area contributed by atoms with Gasteiger partial charge in [0.1, 0.15) is 0 Å². The van der Waals surface area contributed by atoms with Crippen molar-refractivity contribution < 1.29 is 13.2 Å². The van der Waals surface area contributed by atoms with Crippen LogP contribution in [0, 0.1) is 0 Å². The fourth-order valence-corrected chi connectivity index (χ4v) is 1.67. The largest absolute Gasteiger partial charge is 0.463 e. The molecule has 0 radical (unpaired) electrons. The highest BCUT2D eigenvalue weighted by molar-refractivity contribution is 7.98. The number of aromatic nitrogens is 2. The first-order valence-electron chi connectivity index (χ1n) is 3.75. The Morgan fingerprint density at radius 3 is 2.64 bits per heavy atom. The highest BCUT2D eigenvalue weighted by Gasteiger charge is 2.31. The quantitative estimate of drug-likeness (QED) is 0.732. The first-order chi connectivity index (χ1) is 6.56. The van der Waals surface area contributed by atoms with E-state index in [9.17, 15) is 13.2 Å². The zero-order valence-corrected chi connectivity index (χ0v) is 7.64. The molecule has 0 saturated carbocycles. The fraction of sp³-hybridized carbons (Fsp3) is 0.125. The molecule has 0 fully saturated rings. The number of hydrogen-bond acceptors (Lipinski definition) is 2. The Morgan fingerprint density at radius 2 is 1.93 bits per heavy atom. The van der Waals surface area contributed by atoms with Crippen molar-refractivity contribution in [3.8, 4) is 0 Å². The molecule has 0 N–H and O–H groups in total. The summed E-state index contributed by atoms with van der Waals surface area (Å²) < 4.78 is 37.0. The molecule has 0 spiro atoms. The molecule has 0 saturated heterocycles. The maximum absolute atomic E-state index is 12.0. The van der Waals surface area contributed by atoms with Gasteiger partial charge in [0.05, 0.1) is 23.7 Å². The van der Waals surface area contributed by atoms with Crippen LogP contribution in [-0.2, 0) is 0 Å². The molecule has 1 heterocycles. The van der Waals surface area contributed by atoms with E-state index in [0.29, 0.717) is 10.9 Å². The van der Waals surface area contributed by atoms with Crippen LogP contribution in [0.1, 0.15) is 0 Å². The minimum atomic E-state index is -4.31. The van der Waals surface area contributed by atoms with E-state index in [0.717, 1.165) is 4.09 Å². The molecule has 14 heavy (non-hydrogen) atoms. The highest BCUT2D eigenvalue weighted by atomic mass is 32.2. The van der Waals surface area contributed by atoms with Crippen molar-refractivity contribution in [3.63, 3.8) is 0 Å². The van der Waals surface area contributed by atoms with E-state index >= 15 is 0 Å². The smallest absolute Gasteiger partial charge is 0.198 e. The van der Waals surface area contributed by atoms with Crippen LogP contribution in [0.2, 0.25) is 0 Å². The molecular weight excluding hydrogens is 213 g/mol. The second kappa shape index (κ2) is 3.20. The van der Waals surface area contributed by atoms with Gasteiger partial charge in [0, 0.05) is 5.39 Å². The van der Waals surface area contributed by atoms with Crippen LogP contribution in [0.25, 0.3) is 10.9 Å².